The van der Waals surface area contributed by atoms with Gasteiger partial charge in [0.15, 0.2) is 0 Å². The largest absolute Gasteiger partial charge is 0.399 e. The molecule has 0 saturated heterocycles. The van der Waals surface area contributed by atoms with Crippen molar-refractivity contribution >= 4 is 15.7 Å². The number of hydrogen-bond acceptors (Lipinski definition) is 3. The van der Waals surface area contributed by atoms with Gasteiger partial charge < -0.3 is 5.73 Å². The standard InChI is InChI=1S/C14H13FN2O2S/c15-13-7-12(16)5-6-14(13)20(18,19)17-8-10-3-1-2-4-11(10)9-17/h1-7H,8-9,16H2. The lowest BCUT2D eigenvalue weighted by atomic mass is 10.1. The third-order valence-electron chi connectivity index (χ3n) is 3.39. The van der Waals surface area contributed by atoms with Crippen molar-refractivity contribution in [1.82, 2.24) is 4.31 Å². The highest BCUT2D eigenvalue weighted by Crippen LogP contribution is 2.29. The van der Waals surface area contributed by atoms with Crippen LogP contribution >= 0.6 is 0 Å². The molecule has 104 valence electrons. The second-order valence-corrected chi connectivity index (χ2v) is 6.64. The van der Waals surface area contributed by atoms with Gasteiger partial charge in [0, 0.05) is 18.8 Å². The van der Waals surface area contributed by atoms with Crippen LogP contribution in [0.25, 0.3) is 0 Å². The van der Waals surface area contributed by atoms with E-state index in [1.165, 1.54) is 16.4 Å². The third kappa shape index (κ3) is 2.07. The van der Waals surface area contributed by atoms with Crippen LogP contribution in [0.2, 0.25) is 0 Å². The fourth-order valence-electron chi connectivity index (χ4n) is 2.34. The average Bonchev–Trinajstić information content (AvgIpc) is 2.82. The van der Waals surface area contributed by atoms with Crippen molar-refractivity contribution in [3.05, 3.63) is 59.4 Å². The van der Waals surface area contributed by atoms with E-state index in [9.17, 15) is 12.8 Å². The fraction of sp³-hybridized carbons (Fsp3) is 0.143. The highest BCUT2D eigenvalue weighted by molar-refractivity contribution is 7.89. The zero-order valence-electron chi connectivity index (χ0n) is 10.6. The Balaban J connectivity index is 1.99. The summed E-state index contributed by atoms with van der Waals surface area (Å²) in [4.78, 5) is -0.334. The Kier molecular flexibility index (Phi) is 2.99. The number of rotatable bonds is 2. The first-order valence-corrected chi connectivity index (χ1v) is 7.54. The van der Waals surface area contributed by atoms with Gasteiger partial charge in [-0.15, -0.1) is 0 Å². The summed E-state index contributed by atoms with van der Waals surface area (Å²) < 4.78 is 40.1. The van der Waals surface area contributed by atoms with Gasteiger partial charge in [-0.1, -0.05) is 24.3 Å². The van der Waals surface area contributed by atoms with Crippen LogP contribution in [0.4, 0.5) is 10.1 Å². The second kappa shape index (κ2) is 4.57. The normalized spacial score (nSPS) is 15.2. The van der Waals surface area contributed by atoms with Gasteiger partial charge in [-0.05, 0) is 29.3 Å². The molecule has 0 saturated carbocycles. The number of benzene rings is 2. The van der Waals surface area contributed by atoms with Crippen LogP contribution in [0.15, 0.2) is 47.4 Å². The first-order chi connectivity index (χ1) is 9.48. The second-order valence-electron chi connectivity index (χ2n) is 4.73. The van der Waals surface area contributed by atoms with Gasteiger partial charge in [-0.2, -0.15) is 4.31 Å². The zero-order chi connectivity index (χ0) is 14.3. The van der Waals surface area contributed by atoms with Crippen LogP contribution in [0.5, 0.6) is 0 Å². The molecule has 0 bridgehead atoms. The van der Waals surface area contributed by atoms with Gasteiger partial charge in [0.2, 0.25) is 10.0 Å². The van der Waals surface area contributed by atoms with E-state index in [1.807, 2.05) is 24.3 Å². The topological polar surface area (TPSA) is 63.4 Å². The predicted molar refractivity (Wildman–Crippen MR) is 73.7 cm³/mol. The number of nitrogen functional groups attached to an aromatic ring is 1. The van der Waals surface area contributed by atoms with Crippen LogP contribution in [0, 0.1) is 5.82 Å². The van der Waals surface area contributed by atoms with Gasteiger partial charge >= 0.3 is 0 Å². The summed E-state index contributed by atoms with van der Waals surface area (Å²) in [5.74, 6) is -0.819. The minimum absolute atomic E-state index is 0.200. The van der Waals surface area contributed by atoms with Crippen molar-refractivity contribution in [2.24, 2.45) is 0 Å². The minimum Gasteiger partial charge on any atom is -0.399 e. The molecule has 4 nitrogen and oxygen atoms in total. The van der Waals surface area contributed by atoms with Gasteiger partial charge in [0.05, 0.1) is 0 Å². The van der Waals surface area contributed by atoms with Crippen LogP contribution in [0.3, 0.4) is 0 Å². The van der Waals surface area contributed by atoms with E-state index >= 15 is 0 Å². The van der Waals surface area contributed by atoms with E-state index < -0.39 is 15.8 Å². The molecule has 0 fully saturated rings. The lowest BCUT2D eigenvalue weighted by Crippen LogP contribution is -2.26. The third-order valence-corrected chi connectivity index (χ3v) is 5.21. The first-order valence-electron chi connectivity index (χ1n) is 6.10. The molecule has 6 heteroatoms. The summed E-state index contributed by atoms with van der Waals surface area (Å²) >= 11 is 0. The molecule has 0 unspecified atom stereocenters. The number of halogens is 1. The molecule has 2 aromatic rings. The molecule has 0 atom stereocenters. The van der Waals surface area contributed by atoms with Crippen molar-refractivity contribution in [3.63, 3.8) is 0 Å². The van der Waals surface area contributed by atoms with Crippen molar-refractivity contribution < 1.29 is 12.8 Å². The van der Waals surface area contributed by atoms with E-state index in [-0.39, 0.29) is 23.7 Å². The highest BCUT2D eigenvalue weighted by atomic mass is 32.2. The Bertz CT molecular complexity index is 749. The Morgan fingerprint density at radius 1 is 1.05 bits per heavy atom. The summed E-state index contributed by atoms with van der Waals surface area (Å²) in [5, 5.41) is 0. The maximum atomic E-state index is 13.8. The quantitative estimate of drug-likeness (QED) is 0.862. The summed E-state index contributed by atoms with van der Waals surface area (Å²) in [6.07, 6.45) is 0. The summed E-state index contributed by atoms with van der Waals surface area (Å²) in [6, 6.07) is 11.1. The van der Waals surface area contributed by atoms with Crippen molar-refractivity contribution in [3.8, 4) is 0 Å². The molecule has 20 heavy (non-hydrogen) atoms. The highest BCUT2D eigenvalue weighted by Gasteiger charge is 2.32. The number of fused-ring (bicyclic) bond motifs is 1. The molecule has 1 aliphatic heterocycles. The van der Waals surface area contributed by atoms with Crippen LogP contribution in [-0.2, 0) is 23.1 Å². The molecule has 1 aliphatic rings. The van der Waals surface area contributed by atoms with Gasteiger partial charge in [0.1, 0.15) is 10.7 Å². The van der Waals surface area contributed by atoms with Crippen molar-refractivity contribution in [1.29, 1.82) is 0 Å². The maximum absolute atomic E-state index is 13.8. The van der Waals surface area contributed by atoms with Crippen molar-refractivity contribution in [2.75, 3.05) is 5.73 Å². The van der Waals surface area contributed by atoms with E-state index in [0.29, 0.717) is 0 Å². The molecule has 2 N–H and O–H groups in total. The summed E-state index contributed by atoms with van der Waals surface area (Å²) in [7, 11) is -3.85. The summed E-state index contributed by atoms with van der Waals surface area (Å²) in [5.41, 5.74) is 7.55. The number of nitrogens with zero attached hydrogens (tertiary/aromatic N) is 1. The van der Waals surface area contributed by atoms with E-state index in [4.69, 9.17) is 5.73 Å². The average molecular weight is 292 g/mol. The molecule has 1 heterocycles. The van der Waals surface area contributed by atoms with Crippen LogP contribution < -0.4 is 5.73 Å². The molecular weight excluding hydrogens is 279 g/mol. The molecule has 0 radical (unpaired) electrons. The fourth-order valence-corrected chi connectivity index (χ4v) is 3.78. The van der Waals surface area contributed by atoms with Crippen LogP contribution in [-0.4, -0.2) is 12.7 Å². The number of nitrogens with two attached hydrogens (primary N) is 1. The molecule has 0 aromatic heterocycles. The van der Waals surface area contributed by atoms with Gasteiger partial charge in [0.25, 0.3) is 0 Å². The number of anilines is 1. The Morgan fingerprint density at radius 2 is 1.65 bits per heavy atom. The lowest BCUT2D eigenvalue weighted by Gasteiger charge is -2.16. The molecule has 3 rings (SSSR count). The van der Waals surface area contributed by atoms with E-state index in [0.717, 1.165) is 17.2 Å². The predicted octanol–water partition coefficient (Wildman–Crippen LogP) is 2.11. The zero-order valence-corrected chi connectivity index (χ0v) is 11.4. The molecular formula is C14H13FN2O2S. The lowest BCUT2D eigenvalue weighted by molar-refractivity contribution is 0.427. The minimum atomic E-state index is -3.85. The van der Waals surface area contributed by atoms with Gasteiger partial charge in [-0.25, -0.2) is 12.8 Å². The Morgan fingerprint density at radius 3 is 2.20 bits per heavy atom. The first kappa shape index (κ1) is 13.1. The molecule has 0 spiro atoms. The van der Waals surface area contributed by atoms with E-state index in [2.05, 4.69) is 0 Å². The number of sulfonamides is 1. The Labute approximate surface area is 116 Å². The van der Waals surface area contributed by atoms with Gasteiger partial charge in [-0.3, -0.25) is 0 Å². The smallest absolute Gasteiger partial charge is 0.246 e. The number of hydrogen-bond donors (Lipinski definition) is 1. The monoisotopic (exact) mass is 292 g/mol. The molecule has 0 amide bonds. The molecule has 2 aromatic carbocycles. The van der Waals surface area contributed by atoms with Crippen LogP contribution in [0.1, 0.15) is 11.1 Å². The van der Waals surface area contributed by atoms with E-state index in [1.54, 1.807) is 0 Å². The SMILES string of the molecule is Nc1ccc(S(=O)(=O)N2Cc3ccccc3C2)c(F)c1. The molecule has 0 aliphatic carbocycles. The Hall–Kier alpha value is -1.92. The maximum Gasteiger partial charge on any atom is 0.246 e. The summed E-state index contributed by atoms with van der Waals surface area (Å²) in [6.45, 7) is 0.532. The van der Waals surface area contributed by atoms with Crippen molar-refractivity contribution in [2.45, 2.75) is 18.0 Å².